The zero-order valence-corrected chi connectivity index (χ0v) is 16.5. The number of hydrogen-bond donors (Lipinski definition) is 1. The molecule has 0 saturated heterocycles. The fourth-order valence-electron chi connectivity index (χ4n) is 3.19. The van der Waals surface area contributed by atoms with Gasteiger partial charge in [-0.2, -0.15) is 0 Å². The van der Waals surface area contributed by atoms with E-state index in [1.165, 1.54) is 0 Å². The van der Waals surface area contributed by atoms with Crippen LogP contribution in [0.1, 0.15) is 35.4 Å². The van der Waals surface area contributed by atoms with Crippen molar-refractivity contribution in [3.63, 3.8) is 0 Å². The second kappa shape index (κ2) is 10.2. The second-order valence-electron chi connectivity index (χ2n) is 6.98. The van der Waals surface area contributed by atoms with E-state index in [1.54, 1.807) is 0 Å². The summed E-state index contributed by atoms with van der Waals surface area (Å²) in [5.74, 6) is -1.12. The molecule has 1 N–H and O–H groups in total. The Bertz CT molecular complexity index is 871. The first-order valence-electron chi connectivity index (χ1n) is 9.73. The van der Waals surface area contributed by atoms with Gasteiger partial charge in [-0.1, -0.05) is 97.9 Å². The van der Waals surface area contributed by atoms with Crippen LogP contribution >= 0.6 is 0 Å². The monoisotopic (exact) mass is 387 g/mol. The summed E-state index contributed by atoms with van der Waals surface area (Å²) in [7, 11) is 0. The van der Waals surface area contributed by atoms with Crippen molar-refractivity contribution < 1.29 is 14.3 Å². The highest BCUT2D eigenvalue weighted by atomic mass is 16.5. The topological polar surface area (TPSA) is 55.4 Å². The number of rotatable bonds is 8. The van der Waals surface area contributed by atoms with E-state index in [0.717, 1.165) is 16.7 Å². The van der Waals surface area contributed by atoms with E-state index >= 15 is 0 Å². The summed E-state index contributed by atoms with van der Waals surface area (Å²) in [6.07, 6.45) is 0. The number of ether oxygens (including phenoxy) is 1. The average molecular weight is 387 g/mol. The number of carbonyl (C=O) groups is 2. The third-order valence-electron chi connectivity index (χ3n) is 4.82. The molecule has 0 aromatic heterocycles. The van der Waals surface area contributed by atoms with E-state index in [0.29, 0.717) is 6.54 Å². The highest BCUT2D eigenvalue weighted by Gasteiger charge is 2.24. The molecule has 3 aromatic rings. The van der Waals surface area contributed by atoms with Gasteiger partial charge in [0.15, 0.2) is 6.61 Å². The molecule has 0 bridgehead atoms. The number of amides is 1. The van der Waals surface area contributed by atoms with Gasteiger partial charge in [0, 0.05) is 6.54 Å². The van der Waals surface area contributed by atoms with Crippen LogP contribution in [-0.4, -0.2) is 25.0 Å². The smallest absolute Gasteiger partial charge is 0.318 e. The van der Waals surface area contributed by atoms with Crippen LogP contribution in [0.25, 0.3) is 0 Å². The summed E-state index contributed by atoms with van der Waals surface area (Å²) in [6.45, 7) is 2.24. The third kappa shape index (κ3) is 5.79. The molecular weight excluding hydrogens is 362 g/mol. The fraction of sp³-hybridized carbons (Fsp3) is 0.200. The Balaban J connectivity index is 1.58. The van der Waals surface area contributed by atoms with E-state index in [9.17, 15) is 9.59 Å². The SMILES string of the molecule is C[C@@H](CNC(=O)COC(=O)C(c1ccccc1)c1ccccc1)c1ccccc1. The minimum Gasteiger partial charge on any atom is -0.455 e. The van der Waals surface area contributed by atoms with E-state index in [4.69, 9.17) is 4.74 Å². The summed E-state index contributed by atoms with van der Waals surface area (Å²) < 4.78 is 5.36. The van der Waals surface area contributed by atoms with Gasteiger partial charge >= 0.3 is 5.97 Å². The molecule has 29 heavy (non-hydrogen) atoms. The van der Waals surface area contributed by atoms with Gasteiger partial charge in [0.1, 0.15) is 5.92 Å². The number of nitrogens with one attached hydrogen (secondary N) is 1. The Morgan fingerprint density at radius 2 is 1.21 bits per heavy atom. The first kappa shape index (κ1) is 20.3. The van der Waals surface area contributed by atoms with Crippen LogP contribution < -0.4 is 5.32 Å². The largest absolute Gasteiger partial charge is 0.455 e. The van der Waals surface area contributed by atoms with Crippen molar-refractivity contribution in [2.24, 2.45) is 0 Å². The molecule has 3 aromatic carbocycles. The number of carbonyl (C=O) groups excluding carboxylic acids is 2. The normalized spacial score (nSPS) is 11.7. The van der Waals surface area contributed by atoms with Gasteiger partial charge in [-0.05, 0) is 22.6 Å². The Labute approximate surface area is 171 Å². The molecule has 0 radical (unpaired) electrons. The van der Waals surface area contributed by atoms with Gasteiger partial charge in [-0.15, -0.1) is 0 Å². The van der Waals surface area contributed by atoms with Gasteiger partial charge in [0.2, 0.25) is 0 Å². The molecular formula is C25H25NO3. The molecule has 148 valence electrons. The Morgan fingerprint density at radius 1 is 0.759 bits per heavy atom. The minimum atomic E-state index is -0.562. The molecule has 0 aliphatic carbocycles. The lowest BCUT2D eigenvalue weighted by Gasteiger charge is -2.17. The lowest BCUT2D eigenvalue weighted by atomic mass is 9.91. The van der Waals surface area contributed by atoms with E-state index < -0.39 is 11.9 Å². The van der Waals surface area contributed by atoms with Gasteiger partial charge in [-0.25, -0.2) is 0 Å². The third-order valence-corrected chi connectivity index (χ3v) is 4.82. The van der Waals surface area contributed by atoms with Crippen LogP contribution in [0.4, 0.5) is 0 Å². The van der Waals surface area contributed by atoms with Crippen molar-refractivity contribution in [1.82, 2.24) is 5.32 Å². The average Bonchev–Trinajstić information content (AvgIpc) is 2.78. The maximum atomic E-state index is 12.8. The quantitative estimate of drug-likeness (QED) is 0.587. The Morgan fingerprint density at radius 3 is 1.69 bits per heavy atom. The Hall–Kier alpha value is -3.40. The molecule has 0 unspecified atom stereocenters. The zero-order chi connectivity index (χ0) is 20.5. The zero-order valence-electron chi connectivity index (χ0n) is 16.5. The van der Waals surface area contributed by atoms with E-state index in [1.807, 2.05) is 97.9 Å². The first-order chi connectivity index (χ1) is 14.1. The number of hydrogen-bond acceptors (Lipinski definition) is 3. The summed E-state index contributed by atoms with van der Waals surface area (Å²) >= 11 is 0. The molecule has 1 atom stereocenters. The van der Waals surface area contributed by atoms with Crippen LogP contribution in [-0.2, 0) is 14.3 Å². The summed E-state index contributed by atoms with van der Waals surface area (Å²) in [6, 6.07) is 28.9. The van der Waals surface area contributed by atoms with Gasteiger partial charge in [0.25, 0.3) is 5.91 Å². The summed E-state index contributed by atoms with van der Waals surface area (Å²) in [4.78, 5) is 25.0. The maximum Gasteiger partial charge on any atom is 0.318 e. The molecule has 0 fully saturated rings. The highest BCUT2D eigenvalue weighted by molar-refractivity contribution is 5.85. The van der Waals surface area contributed by atoms with Crippen LogP contribution in [0.3, 0.4) is 0 Å². The highest BCUT2D eigenvalue weighted by Crippen LogP contribution is 2.25. The van der Waals surface area contributed by atoms with Crippen molar-refractivity contribution in [3.05, 3.63) is 108 Å². The fourth-order valence-corrected chi connectivity index (χ4v) is 3.19. The van der Waals surface area contributed by atoms with Crippen LogP contribution in [0.5, 0.6) is 0 Å². The first-order valence-corrected chi connectivity index (χ1v) is 9.73. The molecule has 0 aliphatic rings. The standard InChI is InChI=1S/C25H25NO3/c1-19(20-11-5-2-6-12-20)17-26-23(27)18-29-25(28)24(21-13-7-3-8-14-21)22-15-9-4-10-16-22/h2-16,19,24H,17-18H2,1H3,(H,26,27)/t19-/m0/s1. The number of benzene rings is 3. The Kier molecular flexibility index (Phi) is 7.17. The molecule has 0 spiro atoms. The van der Waals surface area contributed by atoms with Crippen molar-refractivity contribution in [2.75, 3.05) is 13.2 Å². The molecule has 4 nitrogen and oxygen atoms in total. The summed E-state index contributed by atoms with van der Waals surface area (Å²) in [5.41, 5.74) is 2.82. The maximum absolute atomic E-state index is 12.8. The van der Waals surface area contributed by atoms with Gasteiger partial charge in [-0.3, -0.25) is 9.59 Å². The molecule has 4 heteroatoms. The van der Waals surface area contributed by atoms with Crippen molar-refractivity contribution >= 4 is 11.9 Å². The molecule has 3 rings (SSSR count). The lowest BCUT2D eigenvalue weighted by molar-refractivity contribution is -0.149. The van der Waals surface area contributed by atoms with Crippen molar-refractivity contribution in [3.8, 4) is 0 Å². The second-order valence-corrected chi connectivity index (χ2v) is 6.98. The van der Waals surface area contributed by atoms with Crippen LogP contribution in [0.15, 0.2) is 91.0 Å². The predicted octanol–water partition coefficient (Wildman–Crippen LogP) is 4.28. The lowest BCUT2D eigenvalue weighted by Crippen LogP contribution is -2.32. The van der Waals surface area contributed by atoms with E-state index in [2.05, 4.69) is 5.32 Å². The van der Waals surface area contributed by atoms with Crippen molar-refractivity contribution in [2.45, 2.75) is 18.8 Å². The van der Waals surface area contributed by atoms with Crippen LogP contribution in [0.2, 0.25) is 0 Å². The molecule has 0 aliphatic heterocycles. The summed E-state index contributed by atoms with van der Waals surface area (Å²) in [5, 5.41) is 2.84. The molecule has 0 heterocycles. The molecule has 1 amide bonds. The predicted molar refractivity (Wildman–Crippen MR) is 114 cm³/mol. The van der Waals surface area contributed by atoms with Gasteiger partial charge in [0.05, 0.1) is 0 Å². The van der Waals surface area contributed by atoms with Crippen LogP contribution in [0, 0.1) is 0 Å². The van der Waals surface area contributed by atoms with Crippen molar-refractivity contribution in [1.29, 1.82) is 0 Å². The minimum absolute atomic E-state index is 0.178. The van der Waals surface area contributed by atoms with E-state index in [-0.39, 0.29) is 18.4 Å². The molecule has 0 saturated carbocycles. The number of esters is 1. The van der Waals surface area contributed by atoms with Gasteiger partial charge < -0.3 is 10.1 Å².